The van der Waals surface area contributed by atoms with Crippen LogP contribution in [0.1, 0.15) is 33.9 Å². The van der Waals surface area contributed by atoms with Crippen LogP contribution in [0.25, 0.3) is 0 Å². The largest absolute Gasteiger partial charge is 0.352 e. The molecule has 0 spiro atoms. The van der Waals surface area contributed by atoms with E-state index in [-0.39, 0.29) is 26.5 Å². The van der Waals surface area contributed by atoms with Gasteiger partial charge in [-0.05, 0) is 62.6 Å². The summed E-state index contributed by atoms with van der Waals surface area (Å²) in [7, 11) is -3.87. The molecule has 6 nitrogen and oxygen atoms in total. The Morgan fingerprint density at radius 2 is 1.90 bits per heavy atom. The fourth-order valence-electron chi connectivity index (χ4n) is 2.80. The van der Waals surface area contributed by atoms with Crippen LogP contribution in [0.2, 0.25) is 10.0 Å². The minimum absolute atomic E-state index is 0.0211. The van der Waals surface area contributed by atoms with E-state index in [1.165, 1.54) is 24.3 Å². The third-order valence-electron chi connectivity index (χ3n) is 4.35. The molecule has 3 rings (SSSR count). The van der Waals surface area contributed by atoms with Crippen LogP contribution in [-0.4, -0.2) is 25.9 Å². The zero-order valence-corrected chi connectivity index (χ0v) is 19.8. The van der Waals surface area contributed by atoms with Crippen LogP contribution in [0.5, 0.6) is 0 Å². The molecule has 10 heteroatoms. The maximum atomic E-state index is 12.6. The van der Waals surface area contributed by atoms with Gasteiger partial charge in [-0.25, -0.2) is 13.4 Å². The molecule has 2 aromatic carbocycles. The topological polar surface area (TPSA) is 88.2 Å². The van der Waals surface area contributed by atoms with Gasteiger partial charge in [0.25, 0.3) is 15.9 Å². The van der Waals surface area contributed by atoms with Crippen LogP contribution in [-0.2, 0) is 16.4 Å². The zero-order valence-electron chi connectivity index (χ0n) is 16.7. The molecule has 0 atom stereocenters. The van der Waals surface area contributed by atoms with Crippen LogP contribution in [0.4, 0.5) is 5.69 Å². The standard InChI is InChI=1S/C21H21Cl2N3O3S2/c1-14-13-30-20(25-14)7-2-3-10-24-21(27)15-5-4-6-16(11-15)26-31(28,29)17-8-9-18(22)19(23)12-17/h4-6,8-9,11-13,26H,2-3,7,10H2,1H3,(H,24,27). The van der Waals surface area contributed by atoms with Crippen LogP contribution in [0.3, 0.4) is 0 Å². The fraction of sp³-hybridized carbons (Fsp3) is 0.238. The minimum Gasteiger partial charge on any atom is -0.352 e. The first-order valence-electron chi connectivity index (χ1n) is 9.52. The predicted octanol–water partition coefficient (Wildman–Crippen LogP) is 5.31. The first-order valence-corrected chi connectivity index (χ1v) is 12.6. The number of aromatic nitrogens is 1. The van der Waals surface area contributed by atoms with Crippen molar-refractivity contribution in [2.45, 2.75) is 31.1 Å². The summed E-state index contributed by atoms with van der Waals surface area (Å²) in [5.74, 6) is -0.263. The Kier molecular flexibility index (Phi) is 7.94. The zero-order chi connectivity index (χ0) is 22.4. The van der Waals surface area contributed by atoms with Gasteiger partial charge in [0.05, 0.1) is 19.9 Å². The molecule has 0 aliphatic rings. The van der Waals surface area contributed by atoms with Gasteiger partial charge < -0.3 is 5.32 Å². The monoisotopic (exact) mass is 497 g/mol. The van der Waals surface area contributed by atoms with Gasteiger partial charge in [0.1, 0.15) is 0 Å². The van der Waals surface area contributed by atoms with E-state index < -0.39 is 10.0 Å². The van der Waals surface area contributed by atoms with E-state index in [9.17, 15) is 13.2 Å². The molecule has 31 heavy (non-hydrogen) atoms. The first kappa shape index (κ1) is 23.5. The number of thiazole rings is 1. The molecule has 0 bridgehead atoms. The number of nitrogens with one attached hydrogen (secondary N) is 2. The van der Waals surface area contributed by atoms with Crippen molar-refractivity contribution >= 4 is 56.2 Å². The first-order chi connectivity index (χ1) is 14.7. The van der Waals surface area contributed by atoms with Gasteiger partial charge in [-0.1, -0.05) is 29.3 Å². The van der Waals surface area contributed by atoms with Gasteiger partial charge in [0.15, 0.2) is 0 Å². The molecule has 0 radical (unpaired) electrons. The van der Waals surface area contributed by atoms with Gasteiger partial charge in [-0.3, -0.25) is 9.52 Å². The van der Waals surface area contributed by atoms with Crippen molar-refractivity contribution < 1.29 is 13.2 Å². The van der Waals surface area contributed by atoms with Crippen molar-refractivity contribution in [1.82, 2.24) is 10.3 Å². The average Bonchev–Trinajstić information content (AvgIpc) is 3.14. The van der Waals surface area contributed by atoms with Crippen molar-refractivity contribution in [3.8, 4) is 0 Å². The number of amides is 1. The van der Waals surface area contributed by atoms with Gasteiger partial charge in [-0.2, -0.15) is 0 Å². The fourth-order valence-corrected chi connectivity index (χ4v) is 5.06. The molecule has 164 valence electrons. The summed E-state index contributed by atoms with van der Waals surface area (Å²) in [5.41, 5.74) is 1.67. The molecule has 3 aromatic rings. The van der Waals surface area contributed by atoms with Crippen molar-refractivity contribution in [1.29, 1.82) is 0 Å². The molecule has 2 N–H and O–H groups in total. The van der Waals surface area contributed by atoms with E-state index in [4.69, 9.17) is 23.2 Å². The molecule has 1 heterocycles. The normalized spacial score (nSPS) is 11.3. The van der Waals surface area contributed by atoms with Gasteiger partial charge >= 0.3 is 0 Å². The molecule has 1 aromatic heterocycles. The van der Waals surface area contributed by atoms with E-state index in [1.807, 2.05) is 12.3 Å². The number of carbonyl (C=O) groups excluding carboxylic acids is 1. The summed E-state index contributed by atoms with van der Waals surface area (Å²) in [6.45, 7) is 2.50. The van der Waals surface area contributed by atoms with Crippen LogP contribution < -0.4 is 10.0 Å². The van der Waals surface area contributed by atoms with E-state index in [0.29, 0.717) is 12.1 Å². The van der Waals surface area contributed by atoms with Crippen molar-refractivity contribution in [3.63, 3.8) is 0 Å². The quantitative estimate of drug-likeness (QED) is 0.392. The molecule has 0 saturated carbocycles. The van der Waals surface area contributed by atoms with Crippen LogP contribution in [0, 0.1) is 6.92 Å². The van der Waals surface area contributed by atoms with Gasteiger partial charge in [-0.15, -0.1) is 11.3 Å². The lowest BCUT2D eigenvalue weighted by molar-refractivity contribution is 0.0953. The molecule has 0 aliphatic carbocycles. The third-order valence-corrected chi connectivity index (χ3v) is 7.49. The Hall–Kier alpha value is -2.13. The Balaban J connectivity index is 1.55. The minimum atomic E-state index is -3.87. The molecule has 0 fully saturated rings. The van der Waals surface area contributed by atoms with Crippen molar-refractivity contribution in [2.75, 3.05) is 11.3 Å². The number of aryl methyl sites for hydroxylation is 2. The number of nitrogens with zero attached hydrogens (tertiary/aromatic N) is 1. The highest BCUT2D eigenvalue weighted by molar-refractivity contribution is 7.92. The van der Waals surface area contributed by atoms with E-state index >= 15 is 0 Å². The van der Waals surface area contributed by atoms with Gasteiger partial charge in [0.2, 0.25) is 0 Å². The van der Waals surface area contributed by atoms with E-state index in [0.717, 1.165) is 30.0 Å². The SMILES string of the molecule is Cc1csc(CCCCNC(=O)c2cccc(NS(=O)(=O)c3ccc(Cl)c(Cl)c3)c2)n1. The average molecular weight is 498 g/mol. The number of benzene rings is 2. The highest BCUT2D eigenvalue weighted by atomic mass is 35.5. The molecule has 0 saturated heterocycles. The highest BCUT2D eigenvalue weighted by Crippen LogP contribution is 2.26. The Morgan fingerprint density at radius 1 is 1.10 bits per heavy atom. The number of halogens is 2. The highest BCUT2D eigenvalue weighted by Gasteiger charge is 2.16. The summed E-state index contributed by atoms with van der Waals surface area (Å²) in [4.78, 5) is 16.8. The number of anilines is 1. The number of hydrogen-bond donors (Lipinski definition) is 2. The van der Waals surface area contributed by atoms with Crippen LogP contribution >= 0.6 is 34.5 Å². The van der Waals surface area contributed by atoms with Gasteiger partial charge in [0, 0.05) is 28.9 Å². The molecular formula is C21H21Cl2N3O3S2. The summed E-state index contributed by atoms with van der Waals surface area (Å²) in [5, 5.41) is 6.40. The number of rotatable bonds is 9. The second kappa shape index (κ2) is 10.5. The lowest BCUT2D eigenvalue weighted by Gasteiger charge is -2.10. The number of carbonyl (C=O) groups is 1. The van der Waals surface area contributed by atoms with E-state index in [2.05, 4.69) is 15.0 Å². The number of sulfonamides is 1. The third kappa shape index (κ3) is 6.67. The van der Waals surface area contributed by atoms with Crippen molar-refractivity contribution in [3.05, 3.63) is 74.2 Å². The Labute approximate surface area is 195 Å². The van der Waals surface area contributed by atoms with Crippen molar-refractivity contribution in [2.24, 2.45) is 0 Å². The predicted molar refractivity (Wildman–Crippen MR) is 126 cm³/mol. The summed E-state index contributed by atoms with van der Waals surface area (Å²) in [6.07, 6.45) is 2.64. The Morgan fingerprint density at radius 3 is 2.61 bits per heavy atom. The summed E-state index contributed by atoms with van der Waals surface area (Å²) in [6, 6.07) is 10.4. The molecule has 0 aliphatic heterocycles. The maximum absolute atomic E-state index is 12.6. The van der Waals surface area contributed by atoms with E-state index in [1.54, 1.807) is 29.5 Å². The lowest BCUT2D eigenvalue weighted by Crippen LogP contribution is -2.24. The summed E-state index contributed by atoms with van der Waals surface area (Å²) >= 11 is 13.4. The maximum Gasteiger partial charge on any atom is 0.261 e. The molecule has 0 unspecified atom stereocenters. The smallest absolute Gasteiger partial charge is 0.261 e. The number of unbranched alkanes of at least 4 members (excludes halogenated alkanes) is 1. The number of hydrogen-bond acceptors (Lipinski definition) is 5. The Bertz CT molecular complexity index is 1180. The van der Waals surface area contributed by atoms with Crippen LogP contribution in [0.15, 0.2) is 52.7 Å². The lowest BCUT2D eigenvalue weighted by atomic mass is 10.2. The second-order valence-corrected chi connectivity index (χ2v) is 10.3. The summed E-state index contributed by atoms with van der Waals surface area (Å²) < 4.78 is 27.6. The molecule has 1 amide bonds. The molecular weight excluding hydrogens is 477 g/mol. The second-order valence-electron chi connectivity index (χ2n) is 6.86.